The van der Waals surface area contributed by atoms with Crippen molar-refractivity contribution < 1.29 is 0 Å². The van der Waals surface area contributed by atoms with Crippen molar-refractivity contribution in [2.24, 2.45) is 0 Å². The van der Waals surface area contributed by atoms with Gasteiger partial charge in [-0.15, -0.1) is 0 Å². The van der Waals surface area contributed by atoms with Crippen LogP contribution in [-0.4, -0.2) is 13.6 Å². The number of fused-ring (bicyclic) bond motifs is 1. The van der Waals surface area contributed by atoms with Gasteiger partial charge in [0.25, 0.3) is 0 Å². The summed E-state index contributed by atoms with van der Waals surface area (Å²) in [5.74, 6) is 0. The lowest BCUT2D eigenvalue weighted by molar-refractivity contribution is 1.11. The summed E-state index contributed by atoms with van der Waals surface area (Å²) in [5, 5.41) is 6.52. The van der Waals surface area contributed by atoms with Gasteiger partial charge in [0.2, 0.25) is 0 Å². The zero-order valence-corrected chi connectivity index (χ0v) is 6.65. The number of hydrogen-bond donors (Lipinski definition) is 2. The molecule has 1 aromatic carbocycles. The van der Waals surface area contributed by atoms with Crippen molar-refractivity contribution in [2.75, 3.05) is 24.2 Å². The molecule has 2 heteroatoms. The van der Waals surface area contributed by atoms with Gasteiger partial charge in [0.1, 0.15) is 0 Å². The lowest BCUT2D eigenvalue weighted by Gasteiger charge is -2.06. The van der Waals surface area contributed by atoms with Crippen molar-refractivity contribution in [3.63, 3.8) is 0 Å². The van der Waals surface area contributed by atoms with E-state index >= 15 is 0 Å². The predicted molar refractivity (Wildman–Crippen MR) is 48.2 cm³/mol. The molecule has 1 aliphatic heterocycles. The molecule has 0 aromatic heterocycles. The third-order valence-corrected chi connectivity index (χ3v) is 2.12. The SMILES string of the molecule is CNc1cccc2c1NCC2. The summed E-state index contributed by atoms with van der Waals surface area (Å²) in [6.45, 7) is 1.08. The first-order valence-corrected chi connectivity index (χ1v) is 3.95. The minimum absolute atomic E-state index is 1.08. The van der Waals surface area contributed by atoms with Crippen molar-refractivity contribution in [3.05, 3.63) is 23.8 Å². The summed E-state index contributed by atoms with van der Waals surface area (Å²) in [6, 6.07) is 6.37. The number of anilines is 2. The minimum atomic E-state index is 1.08. The van der Waals surface area contributed by atoms with E-state index in [1.165, 1.54) is 16.9 Å². The first-order chi connectivity index (χ1) is 5.42. The summed E-state index contributed by atoms with van der Waals surface area (Å²) in [4.78, 5) is 0. The van der Waals surface area contributed by atoms with Crippen molar-refractivity contribution in [1.82, 2.24) is 0 Å². The number of hydrogen-bond acceptors (Lipinski definition) is 2. The zero-order chi connectivity index (χ0) is 7.68. The molecule has 0 amide bonds. The Morgan fingerprint density at radius 3 is 3.18 bits per heavy atom. The molecule has 0 radical (unpaired) electrons. The fourth-order valence-electron chi connectivity index (χ4n) is 1.55. The van der Waals surface area contributed by atoms with Crippen LogP contribution >= 0.6 is 0 Å². The van der Waals surface area contributed by atoms with Gasteiger partial charge in [0, 0.05) is 13.6 Å². The third-order valence-electron chi connectivity index (χ3n) is 2.12. The van der Waals surface area contributed by atoms with Gasteiger partial charge >= 0.3 is 0 Å². The van der Waals surface area contributed by atoms with Crippen LogP contribution in [0.4, 0.5) is 11.4 Å². The van der Waals surface area contributed by atoms with Gasteiger partial charge in [-0.05, 0) is 18.1 Å². The quantitative estimate of drug-likeness (QED) is 0.633. The lowest BCUT2D eigenvalue weighted by Crippen LogP contribution is -1.96. The molecule has 1 heterocycles. The average molecular weight is 148 g/mol. The van der Waals surface area contributed by atoms with Gasteiger partial charge in [-0.1, -0.05) is 12.1 Å². The third kappa shape index (κ3) is 0.946. The van der Waals surface area contributed by atoms with Crippen LogP contribution in [0.2, 0.25) is 0 Å². The topological polar surface area (TPSA) is 24.1 Å². The molecule has 0 bridgehead atoms. The van der Waals surface area contributed by atoms with Crippen LogP contribution in [0, 0.1) is 0 Å². The largest absolute Gasteiger partial charge is 0.386 e. The molecule has 1 aliphatic rings. The molecule has 2 N–H and O–H groups in total. The van der Waals surface area contributed by atoms with Gasteiger partial charge < -0.3 is 10.6 Å². The van der Waals surface area contributed by atoms with Gasteiger partial charge in [-0.3, -0.25) is 0 Å². The predicted octanol–water partition coefficient (Wildman–Crippen LogP) is 1.70. The molecule has 2 rings (SSSR count). The molecule has 0 fully saturated rings. The maximum absolute atomic E-state index is 3.36. The monoisotopic (exact) mass is 148 g/mol. The van der Waals surface area contributed by atoms with Crippen LogP contribution in [0.5, 0.6) is 0 Å². The van der Waals surface area contributed by atoms with Gasteiger partial charge in [-0.25, -0.2) is 0 Å². The molecule has 0 spiro atoms. The van der Waals surface area contributed by atoms with Crippen LogP contribution in [-0.2, 0) is 6.42 Å². The highest BCUT2D eigenvalue weighted by Gasteiger charge is 2.11. The van der Waals surface area contributed by atoms with E-state index in [-0.39, 0.29) is 0 Å². The fourth-order valence-corrected chi connectivity index (χ4v) is 1.55. The van der Waals surface area contributed by atoms with Gasteiger partial charge in [0.05, 0.1) is 11.4 Å². The summed E-state index contributed by atoms with van der Waals surface area (Å²) in [5.41, 5.74) is 3.92. The molecule has 1 aromatic rings. The molecule has 2 nitrogen and oxygen atoms in total. The summed E-state index contributed by atoms with van der Waals surface area (Å²) >= 11 is 0. The number of rotatable bonds is 1. The normalized spacial score (nSPS) is 13.9. The Morgan fingerprint density at radius 2 is 2.36 bits per heavy atom. The van der Waals surface area contributed by atoms with Crippen LogP contribution < -0.4 is 10.6 Å². The van der Waals surface area contributed by atoms with Crippen LogP contribution in [0.25, 0.3) is 0 Å². The van der Waals surface area contributed by atoms with E-state index < -0.39 is 0 Å². The minimum Gasteiger partial charge on any atom is -0.386 e. The molecule has 58 valence electrons. The Kier molecular flexibility index (Phi) is 1.46. The second-order valence-electron chi connectivity index (χ2n) is 2.77. The highest BCUT2D eigenvalue weighted by Crippen LogP contribution is 2.29. The number of para-hydroxylation sites is 1. The fraction of sp³-hybridized carbons (Fsp3) is 0.333. The van der Waals surface area contributed by atoms with Crippen molar-refractivity contribution in [2.45, 2.75) is 6.42 Å². The van der Waals surface area contributed by atoms with E-state index in [9.17, 15) is 0 Å². The molecular weight excluding hydrogens is 136 g/mol. The smallest absolute Gasteiger partial charge is 0.0609 e. The number of benzene rings is 1. The van der Waals surface area contributed by atoms with Crippen LogP contribution in [0.3, 0.4) is 0 Å². The standard InChI is InChI=1S/C9H12N2/c1-10-8-4-2-3-7-5-6-11-9(7)8/h2-4,10-11H,5-6H2,1H3. The molecule has 11 heavy (non-hydrogen) atoms. The van der Waals surface area contributed by atoms with E-state index in [1.807, 2.05) is 7.05 Å². The Morgan fingerprint density at radius 1 is 1.45 bits per heavy atom. The molecule has 0 atom stereocenters. The lowest BCUT2D eigenvalue weighted by atomic mass is 10.1. The Balaban J connectivity index is 2.50. The zero-order valence-electron chi connectivity index (χ0n) is 6.65. The van der Waals surface area contributed by atoms with Crippen molar-refractivity contribution in [1.29, 1.82) is 0 Å². The Bertz CT molecular complexity index is 268. The molecule has 0 aliphatic carbocycles. The molecular formula is C9H12N2. The first kappa shape index (κ1) is 6.53. The summed E-state index contributed by atoms with van der Waals surface area (Å²) in [7, 11) is 1.95. The second-order valence-corrected chi connectivity index (χ2v) is 2.77. The van der Waals surface area contributed by atoms with Crippen LogP contribution in [0.1, 0.15) is 5.56 Å². The molecule has 0 saturated carbocycles. The summed E-state index contributed by atoms with van der Waals surface area (Å²) in [6.07, 6.45) is 1.16. The van der Waals surface area contributed by atoms with E-state index in [2.05, 4.69) is 28.8 Å². The van der Waals surface area contributed by atoms with E-state index in [0.717, 1.165) is 13.0 Å². The average Bonchev–Trinajstić information content (AvgIpc) is 2.50. The van der Waals surface area contributed by atoms with Crippen molar-refractivity contribution in [3.8, 4) is 0 Å². The Hall–Kier alpha value is -1.18. The first-order valence-electron chi connectivity index (χ1n) is 3.95. The van der Waals surface area contributed by atoms with E-state index in [0.29, 0.717) is 0 Å². The molecule has 0 saturated heterocycles. The van der Waals surface area contributed by atoms with Gasteiger partial charge in [-0.2, -0.15) is 0 Å². The number of nitrogens with one attached hydrogen (secondary N) is 2. The highest BCUT2D eigenvalue weighted by molar-refractivity contribution is 5.74. The van der Waals surface area contributed by atoms with E-state index in [4.69, 9.17) is 0 Å². The summed E-state index contributed by atoms with van der Waals surface area (Å²) < 4.78 is 0. The Labute approximate surface area is 66.6 Å². The maximum atomic E-state index is 3.36. The maximum Gasteiger partial charge on any atom is 0.0609 e. The second kappa shape index (κ2) is 2.46. The van der Waals surface area contributed by atoms with Gasteiger partial charge in [0.15, 0.2) is 0 Å². The van der Waals surface area contributed by atoms with Crippen molar-refractivity contribution >= 4 is 11.4 Å². The van der Waals surface area contributed by atoms with E-state index in [1.54, 1.807) is 0 Å². The highest BCUT2D eigenvalue weighted by atomic mass is 15.0. The molecule has 0 unspecified atom stereocenters. The van der Waals surface area contributed by atoms with Crippen LogP contribution in [0.15, 0.2) is 18.2 Å².